The van der Waals surface area contributed by atoms with Gasteiger partial charge in [0, 0.05) is 35.4 Å². The molecular formula is C26H38N4OS. The maximum Gasteiger partial charge on any atom is 0.254 e. The topological polar surface area (TPSA) is 59.3 Å². The van der Waals surface area contributed by atoms with E-state index in [4.69, 9.17) is 4.99 Å². The van der Waals surface area contributed by atoms with Crippen molar-refractivity contribution in [1.29, 1.82) is 0 Å². The molecule has 0 bridgehead atoms. The summed E-state index contributed by atoms with van der Waals surface area (Å²) in [5.41, 5.74) is 5.46. The van der Waals surface area contributed by atoms with Gasteiger partial charge in [-0.05, 0) is 62.8 Å². The zero-order chi connectivity index (χ0) is 23.0. The van der Waals surface area contributed by atoms with Crippen molar-refractivity contribution in [1.82, 2.24) is 15.1 Å². The van der Waals surface area contributed by atoms with E-state index in [-0.39, 0.29) is 11.3 Å². The summed E-state index contributed by atoms with van der Waals surface area (Å²) in [6, 6.07) is 0.303. The summed E-state index contributed by atoms with van der Waals surface area (Å²) in [6.07, 6.45) is 11.0. The van der Waals surface area contributed by atoms with E-state index in [1.54, 1.807) is 11.3 Å². The molecule has 2 aromatic heterocycles. The third kappa shape index (κ3) is 4.70. The van der Waals surface area contributed by atoms with Gasteiger partial charge in [-0.25, -0.2) is 4.99 Å². The summed E-state index contributed by atoms with van der Waals surface area (Å²) < 4.78 is 1.89. The Hall–Kier alpha value is -1.95. The van der Waals surface area contributed by atoms with Crippen LogP contribution in [0.2, 0.25) is 0 Å². The number of carbonyl (C=O) groups excluding carboxylic acids is 1. The molecule has 0 radical (unpaired) electrons. The molecule has 1 saturated carbocycles. The molecular weight excluding hydrogens is 416 g/mol. The summed E-state index contributed by atoms with van der Waals surface area (Å²) >= 11 is 1.72. The van der Waals surface area contributed by atoms with E-state index in [9.17, 15) is 4.79 Å². The second-order valence-corrected chi connectivity index (χ2v) is 11.8. The Morgan fingerprint density at radius 3 is 2.53 bits per heavy atom. The number of carbonyl (C=O) groups is 1. The van der Waals surface area contributed by atoms with Crippen molar-refractivity contribution in [3.63, 3.8) is 0 Å². The second-order valence-electron chi connectivity index (χ2n) is 10.8. The van der Waals surface area contributed by atoms with Crippen molar-refractivity contribution in [2.45, 2.75) is 92.0 Å². The SMILES string of the molecule is Cc1nn(C)c(C)c1C=Nc1sc2c(c1C(=O)NC1CCCCC1)CCC(C(C)(C)C)C2. The Morgan fingerprint density at radius 1 is 1.19 bits per heavy atom. The molecule has 6 heteroatoms. The van der Waals surface area contributed by atoms with Crippen LogP contribution in [0.3, 0.4) is 0 Å². The van der Waals surface area contributed by atoms with Crippen molar-refractivity contribution in [2.24, 2.45) is 23.4 Å². The van der Waals surface area contributed by atoms with Crippen molar-refractivity contribution < 1.29 is 4.79 Å². The molecule has 0 spiro atoms. The lowest BCUT2D eigenvalue weighted by atomic mass is 9.72. The third-order valence-corrected chi connectivity index (χ3v) is 8.68. The van der Waals surface area contributed by atoms with Gasteiger partial charge in [0.2, 0.25) is 0 Å². The Balaban J connectivity index is 1.68. The van der Waals surface area contributed by atoms with Gasteiger partial charge in [0.05, 0.1) is 11.3 Å². The molecule has 4 rings (SSSR count). The van der Waals surface area contributed by atoms with Crippen molar-refractivity contribution in [3.05, 3.63) is 33.0 Å². The number of aliphatic imine (C=N–C) groups is 1. The number of nitrogens with one attached hydrogen (secondary N) is 1. The molecule has 2 aliphatic carbocycles. The van der Waals surface area contributed by atoms with E-state index < -0.39 is 0 Å². The monoisotopic (exact) mass is 454 g/mol. The maximum absolute atomic E-state index is 13.5. The lowest BCUT2D eigenvalue weighted by Crippen LogP contribution is -2.36. The molecule has 0 saturated heterocycles. The number of hydrogen-bond donors (Lipinski definition) is 1. The molecule has 5 nitrogen and oxygen atoms in total. The van der Waals surface area contributed by atoms with E-state index in [1.807, 2.05) is 24.9 Å². The van der Waals surface area contributed by atoms with Gasteiger partial charge in [0.15, 0.2) is 0 Å². The van der Waals surface area contributed by atoms with Gasteiger partial charge < -0.3 is 5.32 Å². The minimum Gasteiger partial charge on any atom is -0.349 e. The molecule has 2 aliphatic rings. The van der Waals surface area contributed by atoms with Crippen molar-refractivity contribution in [3.8, 4) is 0 Å². The third-order valence-electron chi connectivity index (χ3n) is 7.51. The van der Waals surface area contributed by atoms with E-state index in [0.717, 1.165) is 59.6 Å². The zero-order valence-corrected chi connectivity index (χ0v) is 21.4. The van der Waals surface area contributed by atoms with Crippen molar-refractivity contribution in [2.75, 3.05) is 0 Å². The van der Waals surface area contributed by atoms with Crippen LogP contribution in [0.25, 0.3) is 0 Å². The number of amides is 1. The second kappa shape index (κ2) is 9.12. The van der Waals surface area contributed by atoms with Crippen LogP contribution in [-0.2, 0) is 19.9 Å². The van der Waals surface area contributed by atoms with Gasteiger partial charge >= 0.3 is 0 Å². The molecule has 1 amide bonds. The summed E-state index contributed by atoms with van der Waals surface area (Å²) in [4.78, 5) is 19.8. The Labute approximate surface area is 196 Å². The predicted octanol–water partition coefficient (Wildman–Crippen LogP) is 6.06. The number of hydrogen-bond acceptors (Lipinski definition) is 4. The first kappa shape index (κ1) is 23.2. The smallest absolute Gasteiger partial charge is 0.254 e. The number of aromatic nitrogens is 2. The highest BCUT2D eigenvalue weighted by Crippen LogP contribution is 2.45. The molecule has 2 heterocycles. The van der Waals surface area contributed by atoms with Gasteiger partial charge in [-0.1, -0.05) is 40.0 Å². The zero-order valence-electron chi connectivity index (χ0n) is 20.5. The maximum atomic E-state index is 13.5. The summed E-state index contributed by atoms with van der Waals surface area (Å²) in [7, 11) is 1.96. The summed E-state index contributed by atoms with van der Waals surface area (Å²) in [5.74, 6) is 0.720. The molecule has 0 aliphatic heterocycles. The minimum absolute atomic E-state index is 0.0791. The first-order chi connectivity index (χ1) is 15.1. The number of aryl methyl sites for hydroxylation is 2. The number of nitrogens with zero attached hydrogens (tertiary/aromatic N) is 3. The fourth-order valence-electron chi connectivity index (χ4n) is 5.24. The van der Waals surface area contributed by atoms with Crippen LogP contribution >= 0.6 is 11.3 Å². The van der Waals surface area contributed by atoms with Crippen molar-refractivity contribution >= 4 is 28.5 Å². The Morgan fingerprint density at radius 2 is 1.91 bits per heavy atom. The average Bonchev–Trinajstić information content (AvgIpc) is 3.22. The van der Waals surface area contributed by atoms with Crippen LogP contribution in [0.5, 0.6) is 0 Å². The number of thiophene rings is 1. The van der Waals surface area contributed by atoms with Gasteiger partial charge in [-0.2, -0.15) is 5.10 Å². The molecule has 1 atom stereocenters. The van der Waals surface area contributed by atoms with E-state index in [2.05, 4.69) is 38.1 Å². The molecule has 2 aromatic rings. The predicted molar refractivity (Wildman–Crippen MR) is 134 cm³/mol. The largest absolute Gasteiger partial charge is 0.349 e. The highest BCUT2D eigenvalue weighted by Gasteiger charge is 2.34. The molecule has 1 unspecified atom stereocenters. The number of fused-ring (bicyclic) bond motifs is 1. The fraction of sp³-hybridized carbons (Fsp3) is 0.654. The van der Waals surface area contributed by atoms with Crippen LogP contribution in [0.15, 0.2) is 4.99 Å². The van der Waals surface area contributed by atoms with E-state index >= 15 is 0 Å². The lowest BCUT2D eigenvalue weighted by Gasteiger charge is -2.34. The Kier molecular flexibility index (Phi) is 6.62. The van der Waals surface area contributed by atoms with Crippen LogP contribution in [0.4, 0.5) is 5.00 Å². The van der Waals surface area contributed by atoms with E-state index in [1.165, 1.54) is 29.7 Å². The summed E-state index contributed by atoms with van der Waals surface area (Å²) in [6.45, 7) is 11.1. The normalized spacial score (nSPS) is 20.0. The standard InChI is InChI=1S/C26H38N4OS/c1-16-21(17(2)30(6)29-16)15-27-25-23(24(31)28-19-10-8-7-9-11-19)20-13-12-18(26(3,4)5)14-22(20)32-25/h15,18-19H,7-14H2,1-6H3,(H,28,31). The molecule has 1 N–H and O–H groups in total. The first-order valence-electron chi connectivity index (χ1n) is 12.1. The highest BCUT2D eigenvalue weighted by molar-refractivity contribution is 7.16. The minimum atomic E-state index is 0.0791. The quantitative estimate of drug-likeness (QED) is 0.571. The fourth-order valence-corrected chi connectivity index (χ4v) is 6.51. The highest BCUT2D eigenvalue weighted by atomic mass is 32.1. The van der Waals surface area contributed by atoms with Gasteiger partial charge in [0.25, 0.3) is 5.91 Å². The van der Waals surface area contributed by atoms with Crippen LogP contribution in [0.1, 0.15) is 97.0 Å². The van der Waals surface area contributed by atoms with Gasteiger partial charge in [0.1, 0.15) is 5.00 Å². The van der Waals surface area contributed by atoms with Gasteiger partial charge in [-0.15, -0.1) is 11.3 Å². The van der Waals surface area contributed by atoms with Crippen LogP contribution in [-0.4, -0.2) is 27.9 Å². The van der Waals surface area contributed by atoms with Gasteiger partial charge in [-0.3, -0.25) is 9.48 Å². The van der Waals surface area contributed by atoms with Crippen LogP contribution < -0.4 is 5.32 Å². The van der Waals surface area contributed by atoms with Crippen LogP contribution in [0, 0.1) is 25.2 Å². The Bertz CT molecular complexity index is 1020. The molecule has 1 fully saturated rings. The molecule has 32 heavy (non-hydrogen) atoms. The summed E-state index contributed by atoms with van der Waals surface area (Å²) in [5, 5.41) is 8.73. The lowest BCUT2D eigenvalue weighted by molar-refractivity contribution is 0.0927. The average molecular weight is 455 g/mol. The first-order valence-corrected chi connectivity index (χ1v) is 13.0. The van der Waals surface area contributed by atoms with E-state index in [0.29, 0.717) is 12.0 Å². The molecule has 174 valence electrons. The molecule has 0 aromatic carbocycles. The number of rotatable bonds is 4.